The third-order valence-electron chi connectivity index (χ3n) is 1.59. The molecule has 1 aromatic heterocycles. The van der Waals surface area contributed by atoms with Gasteiger partial charge in [0.2, 0.25) is 0 Å². The molecule has 0 bridgehead atoms. The Bertz CT molecular complexity index is 418. The minimum Gasteiger partial charge on any atom is -0.422 e. The second-order valence-electron chi connectivity index (χ2n) is 2.56. The summed E-state index contributed by atoms with van der Waals surface area (Å²) in [7, 11) is 0. The number of aromatic nitrogens is 3. The van der Waals surface area contributed by atoms with Crippen LogP contribution in [0.25, 0.3) is 0 Å². The molecule has 14 heavy (non-hydrogen) atoms. The fourth-order valence-electron chi connectivity index (χ4n) is 0.953. The zero-order valence-electron chi connectivity index (χ0n) is 7.29. The Labute approximate surface area is 80.6 Å². The summed E-state index contributed by atoms with van der Waals surface area (Å²) in [5.41, 5.74) is 6.22. The summed E-state index contributed by atoms with van der Waals surface area (Å²) in [6, 6.07) is 7.39. The quantitative estimate of drug-likeness (QED) is 0.718. The maximum atomic E-state index is 5.67. The highest BCUT2D eigenvalue weighted by Gasteiger charge is 2.01. The molecule has 0 saturated carbocycles. The molecule has 1 aromatic carbocycles. The third-order valence-corrected chi connectivity index (χ3v) is 1.59. The molecule has 0 aliphatic carbocycles. The Morgan fingerprint density at radius 1 is 1.07 bits per heavy atom. The van der Waals surface area contributed by atoms with Gasteiger partial charge in [-0.1, -0.05) is 12.1 Å². The first-order valence-electron chi connectivity index (χ1n) is 4.00. The molecule has 0 aliphatic heterocycles. The molecule has 70 valence electrons. The Hall–Kier alpha value is -2.17. The van der Waals surface area contributed by atoms with Crippen molar-refractivity contribution < 1.29 is 4.74 Å². The van der Waals surface area contributed by atoms with Crippen LogP contribution in [0.3, 0.4) is 0 Å². The lowest BCUT2D eigenvalue weighted by molar-refractivity contribution is 0.441. The van der Waals surface area contributed by atoms with Gasteiger partial charge in [0.15, 0.2) is 5.75 Å². The van der Waals surface area contributed by atoms with Gasteiger partial charge in [0.1, 0.15) is 12.7 Å². The van der Waals surface area contributed by atoms with Crippen molar-refractivity contribution in [3.8, 4) is 11.8 Å². The van der Waals surface area contributed by atoms with Gasteiger partial charge in [-0.3, -0.25) is 0 Å². The molecule has 0 spiro atoms. The number of rotatable bonds is 2. The lowest BCUT2D eigenvalue weighted by Crippen LogP contribution is -1.95. The van der Waals surface area contributed by atoms with Crippen LogP contribution in [0.2, 0.25) is 0 Å². The molecule has 0 fully saturated rings. The standard InChI is InChI=1S/C9H8N4O/c10-7-3-1-2-4-8(7)14-9-12-5-11-6-13-9/h1-6H,10H2. The predicted octanol–water partition coefficient (Wildman–Crippen LogP) is 1.25. The number of benzene rings is 1. The van der Waals surface area contributed by atoms with Gasteiger partial charge in [-0.15, -0.1) is 0 Å². The van der Waals surface area contributed by atoms with Gasteiger partial charge < -0.3 is 10.5 Å². The fourth-order valence-corrected chi connectivity index (χ4v) is 0.953. The van der Waals surface area contributed by atoms with Crippen molar-refractivity contribution in [2.24, 2.45) is 0 Å². The first-order chi connectivity index (χ1) is 6.86. The van der Waals surface area contributed by atoms with Crippen LogP contribution >= 0.6 is 0 Å². The SMILES string of the molecule is Nc1ccccc1Oc1ncncn1. The molecule has 0 radical (unpaired) electrons. The average Bonchev–Trinajstić information content (AvgIpc) is 2.23. The molecule has 0 unspecified atom stereocenters. The van der Waals surface area contributed by atoms with E-state index in [2.05, 4.69) is 15.0 Å². The summed E-state index contributed by atoms with van der Waals surface area (Å²) in [5.74, 6) is 0.540. The van der Waals surface area contributed by atoms with E-state index in [1.807, 2.05) is 12.1 Å². The van der Waals surface area contributed by atoms with Gasteiger partial charge in [-0.25, -0.2) is 4.98 Å². The fraction of sp³-hybridized carbons (Fsp3) is 0. The van der Waals surface area contributed by atoms with Crippen LogP contribution < -0.4 is 10.5 Å². The van der Waals surface area contributed by atoms with Crippen molar-refractivity contribution in [3.05, 3.63) is 36.9 Å². The molecular weight excluding hydrogens is 180 g/mol. The van der Waals surface area contributed by atoms with Gasteiger partial charge in [0, 0.05) is 0 Å². The van der Waals surface area contributed by atoms with Gasteiger partial charge in [0.05, 0.1) is 5.69 Å². The van der Waals surface area contributed by atoms with Crippen LogP contribution in [-0.2, 0) is 0 Å². The van der Waals surface area contributed by atoms with Crippen LogP contribution in [0.5, 0.6) is 11.8 Å². The van der Waals surface area contributed by atoms with Crippen LogP contribution in [-0.4, -0.2) is 15.0 Å². The molecule has 0 saturated heterocycles. The summed E-state index contributed by atoms with van der Waals surface area (Å²) in [5, 5.41) is 0. The third kappa shape index (κ3) is 1.77. The summed E-state index contributed by atoms with van der Waals surface area (Å²) in [6.07, 6.45) is 2.73. The zero-order valence-corrected chi connectivity index (χ0v) is 7.29. The lowest BCUT2D eigenvalue weighted by atomic mass is 10.3. The van der Waals surface area contributed by atoms with E-state index in [9.17, 15) is 0 Å². The van der Waals surface area contributed by atoms with Crippen molar-refractivity contribution in [2.75, 3.05) is 5.73 Å². The smallest absolute Gasteiger partial charge is 0.325 e. The molecule has 2 rings (SSSR count). The van der Waals surface area contributed by atoms with Crippen molar-refractivity contribution in [3.63, 3.8) is 0 Å². The number of anilines is 1. The zero-order chi connectivity index (χ0) is 9.80. The second-order valence-corrected chi connectivity index (χ2v) is 2.56. The minimum atomic E-state index is 0.234. The normalized spacial score (nSPS) is 9.71. The number of para-hydroxylation sites is 2. The van der Waals surface area contributed by atoms with E-state index >= 15 is 0 Å². The average molecular weight is 188 g/mol. The van der Waals surface area contributed by atoms with Crippen molar-refractivity contribution >= 4 is 5.69 Å². The van der Waals surface area contributed by atoms with E-state index in [0.717, 1.165) is 0 Å². The Morgan fingerprint density at radius 3 is 2.50 bits per heavy atom. The molecule has 5 heteroatoms. The Morgan fingerprint density at radius 2 is 1.79 bits per heavy atom. The molecule has 1 heterocycles. The molecule has 0 aliphatic rings. The highest BCUT2D eigenvalue weighted by atomic mass is 16.5. The number of nitrogen functional groups attached to an aromatic ring is 1. The van der Waals surface area contributed by atoms with Crippen molar-refractivity contribution in [1.82, 2.24) is 15.0 Å². The van der Waals surface area contributed by atoms with E-state index < -0.39 is 0 Å². The summed E-state index contributed by atoms with van der Waals surface area (Å²) >= 11 is 0. The highest BCUT2D eigenvalue weighted by molar-refractivity contribution is 5.52. The molecule has 2 N–H and O–H groups in total. The second kappa shape index (κ2) is 3.69. The van der Waals surface area contributed by atoms with E-state index in [-0.39, 0.29) is 6.01 Å². The predicted molar refractivity (Wildman–Crippen MR) is 50.8 cm³/mol. The van der Waals surface area contributed by atoms with Gasteiger partial charge in [-0.2, -0.15) is 9.97 Å². The van der Waals surface area contributed by atoms with E-state index in [1.165, 1.54) is 12.7 Å². The number of nitrogens with zero attached hydrogens (tertiary/aromatic N) is 3. The highest BCUT2D eigenvalue weighted by Crippen LogP contribution is 2.23. The summed E-state index contributed by atoms with van der Waals surface area (Å²) < 4.78 is 5.32. The Kier molecular flexibility index (Phi) is 2.22. The van der Waals surface area contributed by atoms with Gasteiger partial charge >= 0.3 is 6.01 Å². The van der Waals surface area contributed by atoms with E-state index in [4.69, 9.17) is 10.5 Å². The molecular formula is C9H8N4O. The maximum absolute atomic E-state index is 5.67. The van der Waals surface area contributed by atoms with Crippen molar-refractivity contribution in [2.45, 2.75) is 0 Å². The minimum absolute atomic E-state index is 0.234. The van der Waals surface area contributed by atoms with Crippen LogP contribution in [0.1, 0.15) is 0 Å². The maximum Gasteiger partial charge on any atom is 0.325 e. The lowest BCUT2D eigenvalue weighted by Gasteiger charge is -2.04. The first-order valence-corrected chi connectivity index (χ1v) is 4.00. The topological polar surface area (TPSA) is 73.9 Å². The van der Waals surface area contributed by atoms with Crippen molar-refractivity contribution in [1.29, 1.82) is 0 Å². The number of ether oxygens (including phenoxy) is 1. The number of nitrogens with two attached hydrogens (primary N) is 1. The summed E-state index contributed by atoms with van der Waals surface area (Å²) in [6.45, 7) is 0. The molecule has 5 nitrogen and oxygen atoms in total. The molecule has 2 aromatic rings. The molecule has 0 atom stereocenters. The first kappa shape index (κ1) is 8.43. The monoisotopic (exact) mass is 188 g/mol. The van der Waals surface area contributed by atoms with Crippen LogP contribution in [0.15, 0.2) is 36.9 Å². The van der Waals surface area contributed by atoms with E-state index in [1.54, 1.807) is 12.1 Å². The number of hydrogen-bond acceptors (Lipinski definition) is 5. The largest absolute Gasteiger partial charge is 0.422 e. The van der Waals surface area contributed by atoms with E-state index in [0.29, 0.717) is 11.4 Å². The molecule has 0 amide bonds. The Balaban J connectivity index is 2.24. The van der Waals surface area contributed by atoms with Gasteiger partial charge in [-0.05, 0) is 12.1 Å². The van der Waals surface area contributed by atoms with Crippen LogP contribution in [0.4, 0.5) is 5.69 Å². The summed E-state index contributed by atoms with van der Waals surface area (Å²) in [4.78, 5) is 11.3. The van der Waals surface area contributed by atoms with Crippen LogP contribution in [0, 0.1) is 0 Å². The number of hydrogen-bond donors (Lipinski definition) is 1. The van der Waals surface area contributed by atoms with Gasteiger partial charge in [0.25, 0.3) is 0 Å².